The largest absolute Gasteiger partial charge is 0.369 e. The molecule has 2 heterocycles. The van der Waals surface area contributed by atoms with Crippen molar-refractivity contribution in [3.05, 3.63) is 52.7 Å². The maximum absolute atomic E-state index is 12.8. The molecule has 7 heteroatoms. The molecule has 1 saturated heterocycles. The molecule has 0 atom stereocenters. The Bertz CT molecular complexity index is 1010. The lowest BCUT2D eigenvalue weighted by Crippen LogP contribution is -2.47. The minimum absolute atomic E-state index is 0.162. The molecular formula is C25H31N5OS. The second kappa shape index (κ2) is 10.4. The zero-order chi connectivity index (χ0) is 22.5. The third-order valence-electron chi connectivity index (χ3n) is 6.23. The fraction of sp³-hybridized carbons (Fsp3) is 0.480. The maximum atomic E-state index is 12.8. The van der Waals surface area contributed by atoms with Crippen molar-refractivity contribution >= 4 is 23.4 Å². The Labute approximate surface area is 195 Å². The van der Waals surface area contributed by atoms with Crippen LogP contribution in [0.4, 0.5) is 5.69 Å². The van der Waals surface area contributed by atoms with E-state index in [-0.39, 0.29) is 5.91 Å². The SMILES string of the molecule is CSc1nc(C2CC2)cc(C(=O)NCCCN2CCN(c3cccc(C)c3)CC2)c1C#N. The number of benzene rings is 1. The van der Waals surface area contributed by atoms with Crippen LogP contribution in [-0.4, -0.2) is 61.3 Å². The van der Waals surface area contributed by atoms with Crippen LogP contribution in [0.3, 0.4) is 0 Å². The summed E-state index contributed by atoms with van der Waals surface area (Å²) in [7, 11) is 0. The van der Waals surface area contributed by atoms with E-state index < -0.39 is 0 Å². The van der Waals surface area contributed by atoms with Gasteiger partial charge in [0.25, 0.3) is 5.91 Å². The molecule has 1 amide bonds. The number of nitrogens with one attached hydrogen (secondary N) is 1. The van der Waals surface area contributed by atoms with Gasteiger partial charge in [-0.1, -0.05) is 12.1 Å². The number of pyridine rings is 1. The number of carbonyl (C=O) groups is 1. The predicted octanol–water partition coefficient (Wildman–Crippen LogP) is 3.80. The molecule has 32 heavy (non-hydrogen) atoms. The first-order valence-electron chi connectivity index (χ1n) is 11.4. The summed E-state index contributed by atoms with van der Waals surface area (Å²) in [5.74, 6) is 0.282. The molecule has 0 spiro atoms. The smallest absolute Gasteiger partial charge is 0.252 e. The van der Waals surface area contributed by atoms with Crippen molar-refractivity contribution in [2.24, 2.45) is 0 Å². The number of carbonyl (C=O) groups excluding carboxylic acids is 1. The van der Waals surface area contributed by atoms with Crippen LogP contribution in [0, 0.1) is 18.3 Å². The number of amides is 1. The predicted molar refractivity (Wildman–Crippen MR) is 129 cm³/mol. The number of anilines is 1. The summed E-state index contributed by atoms with van der Waals surface area (Å²) < 4.78 is 0. The molecule has 2 fully saturated rings. The van der Waals surface area contributed by atoms with Crippen molar-refractivity contribution in [3.8, 4) is 6.07 Å². The van der Waals surface area contributed by atoms with Crippen molar-refractivity contribution in [2.45, 2.75) is 37.1 Å². The van der Waals surface area contributed by atoms with E-state index in [1.807, 2.05) is 12.3 Å². The molecule has 2 aliphatic rings. The van der Waals surface area contributed by atoms with Crippen LogP contribution in [0.25, 0.3) is 0 Å². The summed E-state index contributed by atoms with van der Waals surface area (Å²) in [5, 5.41) is 13.3. The second-order valence-corrected chi connectivity index (χ2v) is 9.44. The highest BCUT2D eigenvalue weighted by molar-refractivity contribution is 7.98. The number of thioether (sulfide) groups is 1. The van der Waals surface area contributed by atoms with Gasteiger partial charge in [-0.2, -0.15) is 5.26 Å². The van der Waals surface area contributed by atoms with Gasteiger partial charge in [-0.05, 0) is 62.7 Å². The fourth-order valence-electron chi connectivity index (χ4n) is 4.22. The molecule has 1 aromatic heterocycles. The third-order valence-corrected chi connectivity index (χ3v) is 6.91. The van der Waals surface area contributed by atoms with Gasteiger partial charge in [0, 0.05) is 50.0 Å². The van der Waals surface area contributed by atoms with Gasteiger partial charge in [-0.15, -0.1) is 11.8 Å². The Morgan fingerprint density at radius 3 is 2.69 bits per heavy atom. The molecule has 1 aliphatic heterocycles. The summed E-state index contributed by atoms with van der Waals surface area (Å²) in [6, 6.07) is 12.7. The standard InChI is InChI=1S/C25H31N5OS/c1-18-5-3-6-20(15-18)30-13-11-29(12-14-30)10-4-9-27-24(31)21-16-23(19-7-8-19)28-25(32-2)22(21)17-26/h3,5-6,15-16,19H,4,7-14H2,1-2H3,(H,27,31). The van der Waals surface area contributed by atoms with E-state index in [4.69, 9.17) is 0 Å². The van der Waals surface area contributed by atoms with Crippen molar-refractivity contribution in [3.63, 3.8) is 0 Å². The van der Waals surface area contributed by atoms with E-state index in [0.717, 1.165) is 57.7 Å². The molecule has 1 aliphatic carbocycles. The topological polar surface area (TPSA) is 72.3 Å². The average Bonchev–Trinajstić information content (AvgIpc) is 3.67. The number of aromatic nitrogens is 1. The van der Waals surface area contributed by atoms with Crippen molar-refractivity contribution in [1.82, 2.24) is 15.2 Å². The van der Waals surface area contributed by atoms with E-state index in [1.54, 1.807) is 0 Å². The molecule has 1 aromatic carbocycles. The van der Waals surface area contributed by atoms with E-state index in [2.05, 4.69) is 57.4 Å². The van der Waals surface area contributed by atoms with Crippen LogP contribution in [0.5, 0.6) is 0 Å². The number of hydrogen-bond donors (Lipinski definition) is 1. The van der Waals surface area contributed by atoms with Crippen LogP contribution in [0.1, 0.15) is 52.4 Å². The summed E-state index contributed by atoms with van der Waals surface area (Å²) in [6.45, 7) is 7.83. The van der Waals surface area contributed by atoms with Gasteiger partial charge in [0.05, 0.1) is 11.1 Å². The van der Waals surface area contributed by atoms with E-state index >= 15 is 0 Å². The first-order chi connectivity index (χ1) is 15.6. The molecule has 0 radical (unpaired) electrons. The number of aryl methyl sites for hydroxylation is 1. The fourth-order valence-corrected chi connectivity index (χ4v) is 4.77. The van der Waals surface area contributed by atoms with Gasteiger partial charge in [0.15, 0.2) is 0 Å². The Morgan fingerprint density at radius 1 is 1.25 bits per heavy atom. The second-order valence-electron chi connectivity index (χ2n) is 8.64. The zero-order valence-corrected chi connectivity index (χ0v) is 19.7. The maximum Gasteiger partial charge on any atom is 0.252 e. The summed E-state index contributed by atoms with van der Waals surface area (Å²) in [6.07, 6.45) is 5.03. The van der Waals surface area contributed by atoms with Crippen LogP contribution >= 0.6 is 11.8 Å². The molecule has 0 unspecified atom stereocenters. The van der Waals surface area contributed by atoms with Crippen molar-refractivity contribution in [1.29, 1.82) is 5.26 Å². The van der Waals surface area contributed by atoms with Crippen LogP contribution in [0.15, 0.2) is 35.4 Å². The lowest BCUT2D eigenvalue weighted by molar-refractivity contribution is 0.0950. The Morgan fingerprint density at radius 2 is 2.03 bits per heavy atom. The average molecular weight is 450 g/mol. The number of nitrogens with zero attached hydrogens (tertiary/aromatic N) is 4. The molecule has 1 N–H and O–H groups in total. The summed E-state index contributed by atoms with van der Waals surface area (Å²) in [4.78, 5) is 22.4. The highest BCUT2D eigenvalue weighted by Gasteiger charge is 2.28. The minimum Gasteiger partial charge on any atom is -0.369 e. The van der Waals surface area contributed by atoms with E-state index in [9.17, 15) is 10.1 Å². The van der Waals surface area contributed by atoms with Crippen LogP contribution in [0.2, 0.25) is 0 Å². The monoisotopic (exact) mass is 449 g/mol. The van der Waals surface area contributed by atoms with E-state index in [1.165, 1.54) is 23.0 Å². The Balaban J connectivity index is 1.25. The summed E-state index contributed by atoms with van der Waals surface area (Å²) >= 11 is 1.43. The van der Waals surface area contributed by atoms with E-state index in [0.29, 0.717) is 28.6 Å². The first kappa shape index (κ1) is 22.6. The summed E-state index contributed by atoms with van der Waals surface area (Å²) in [5.41, 5.74) is 4.42. The van der Waals surface area contributed by atoms with Crippen molar-refractivity contribution in [2.75, 3.05) is 50.4 Å². The number of piperazine rings is 1. The molecule has 0 bridgehead atoms. The highest BCUT2D eigenvalue weighted by Crippen LogP contribution is 2.40. The molecule has 2 aromatic rings. The zero-order valence-electron chi connectivity index (χ0n) is 18.9. The van der Waals surface area contributed by atoms with Gasteiger partial charge < -0.3 is 10.2 Å². The first-order valence-corrected chi connectivity index (χ1v) is 12.6. The molecule has 168 valence electrons. The van der Waals surface area contributed by atoms with Gasteiger partial charge in [0.1, 0.15) is 11.1 Å². The Hall–Kier alpha value is -2.56. The molecular weight excluding hydrogens is 418 g/mol. The van der Waals surface area contributed by atoms with Gasteiger partial charge in [-0.3, -0.25) is 9.69 Å². The Kier molecular flexibility index (Phi) is 7.33. The van der Waals surface area contributed by atoms with Gasteiger partial charge in [-0.25, -0.2) is 4.98 Å². The molecule has 1 saturated carbocycles. The molecule has 4 rings (SSSR count). The number of nitriles is 1. The lowest BCUT2D eigenvalue weighted by Gasteiger charge is -2.36. The third kappa shape index (κ3) is 5.43. The van der Waals surface area contributed by atoms with Crippen molar-refractivity contribution < 1.29 is 4.79 Å². The molecule has 6 nitrogen and oxygen atoms in total. The van der Waals surface area contributed by atoms with Gasteiger partial charge in [0.2, 0.25) is 0 Å². The minimum atomic E-state index is -0.162. The normalized spacial score (nSPS) is 16.6. The van der Waals surface area contributed by atoms with Crippen LogP contribution in [-0.2, 0) is 0 Å². The highest BCUT2D eigenvalue weighted by atomic mass is 32.2. The lowest BCUT2D eigenvalue weighted by atomic mass is 10.1. The number of rotatable bonds is 8. The van der Waals surface area contributed by atoms with Crippen LogP contribution < -0.4 is 10.2 Å². The van der Waals surface area contributed by atoms with Gasteiger partial charge >= 0.3 is 0 Å². The quantitative estimate of drug-likeness (QED) is 0.488. The number of hydrogen-bond acceptors (Lipinski definition) is 6.